The van der Waals surface area contributed by atoms with Gasteiger partial charge in [0.15, 0.2) is 0 Å². The molecule has 3 fully saturated rings. The van der Waals surface area contributed by atoms with Crippen molar-refractivity contribution in [3.05, 3.63) is 30.1 Å². The molecule has 0 radical (unpaired) electrons. The standard InChI is InChI=1S/C16H22N2O/c1-15(2)11-8-13(15)16(3,19)14(9-11)18-10-12-6-4-5-7-17-12/h4-7,11,13,19H,8-10H2,1-3H3/b18-14+/t11-,13-,16-/m0/s1. The molecule has 1 heterocycles. The van der Waals surface area contributed by atoms with Crippen molar-refractivity contribution in [3.8, 4) is 0 Å². The van der Waals surface area contributed by atoms with Gasteiger partial charge in [-0.15, -0.1) is 0 Å². The molecule has 1 aromatic rings. The number of rotatable bonds is 2. The Morgan fingerprint density at radius 1 is 1.37 bits per heavy atom. The largest absolute Gasteiger partial charge is 0.384 e. The van der Waals surface area contributed by atoms with Crippen molar-refractivity contribution in [2.24, 2.45) is 22.2 Å². The molecule has 0 saturated heterocycles. The van der Waals surface area contributed by atoms with Gasteiger partial charge in [-0.2, -0.15) is 0 Å². The number of fused-ring (bicyclic) bond motifs is 2. The van der Waals surface area contributed by atoms with E-state index in [1.54, 1.807) is 6.20 Å². The lowest BCUT2D eigenvalue weighted by molar-refractivity contribution is -0.134. The lowest BCUT2D eigenvalue weighted by Crippen LogP contribution is -2.64. The molecule has 0 aliphatic heterocycles. The van der Waals surface area contributed by atoms with Gasteiger partial charge < -0.3 is 5.11 Å². The van der Waals surface area contributed by atoms with Crippen molar-refractivity contribution < 1.29 is 5.11 Å². The normalized spacial score (nSPS) is 38.0. The molecule has 3 nitrogen and oxygen atoms in total. The Morgan fingerprint density at radius 2 is 2.16 bits per heavy atom. The van der Waals surface area contributed by atoms with Gasteiger partial charge in [-0.25, -0.2) is 0 Å². The summed E-state index contributed by atoms with van der Waals surface area (Å²) in [5.74, 6) is 1.03. The van der Waals surface area contributed by atoms with Gasteiger partial charge in [0.05, 0.1) is 12.2 Å². The number of aromatic nitrogens is 1. The predicted octanol–water partition coefficient (Wildman–Crippen LogP) is 2.84. The van der Waals surface area contributed by atoms with Crippen molar-refractivity contribution in [2.75, 3.05) is 0 Å². The van der Waals surface area contributed by atoms with Gasteiger partial charge in [0.1, 0.15) is 5.60 Å². The van der Waals surface area contributed by atoms with Crippen LogP contribution in [-0.4, -0.2) is 21.4 Å². The molecule has 3 heteroatoms. The summed E-state index contributed by atoms with van der Waals surface area (Å²) in [6.45, 7) is 7.06. The highest BCUT2D eigenvalue weighted by molar-refractivity contribution is 5.94. The minimum Gasteiger partial charge on any atom is -0.384 e. The maximum Gasteiger partial charge on any atom is 0.103 e. The Morgan fingerprint density at radius 3 is 2.74 bits per heavy atom. The first-order valence-electron chi connectivity index (χ1n) is 7.08. The quantitative estimate of drug-likeness (QED) is 0.886. The minimum absolute atomic E-state index is 0.257. The molecule has 0 aromatic carbocycles. The summed E-state index contributed by atoms with van der Waals surface area (Å²) in [5, 5.41) is 10.8. The van der Waals surface area contributed by atoms with Gasteiger partial charge in [0.2, 0.25) is 0 Å². The van der Waals surface area contributed by atoms with E-state index in [1.165, 1.54) is 0 Å². The first kappa shape index (κ1) is 12.8. The molecule has 3 atom stereocenters. The van der Waals surface area contributed by atoms with E-state index < -0.39 is 5.60 Å². The lowest BCUT2D eigenvalue weighted by Gasteiger charge is -2.62. The van der Waals surface area contributed by atoms with E-state index in [9.17, 15) is 5.11 Å². The molecule has 0 amide bonds. The number of hydrogen-bond acceptors (Lipinski definition) is 3. The Hall–Kier alpha value is -1.22. The van der Waals surface area contributed by atoms with E-state index in [0.29, 0.717) is 18.4 Å². The third-order valence-corrected chi connectivity index (χ3v) is 5.33. The van der Waals surface area contributed by atoms with Crippen molar-refractivity contribution >= 4 is 5.71 Å². The van der Waals surface area contributed by atoms with E-state index in [4.69, 9.17) is 0 Å². The number of aliphatic hydroxyl groups is 1. The first-order valence-corrected chi connectivity index (χ1v) is 7.08. The van der Waals surface area contributed by atoms with Gasteiger partial charge in [0.25, 0.3) is 0 Å². The first-order chi connectivity index (χ1) is 8.92. The molecule has 3 saturated carbocycles. The third-order valence-electron chi connectivity index (χ3n) is 5.33. The summed E-state index contributed by atoms with van der Waals surface area (Å²) in [6, 6.07) is 5.86. The Kier molecular flexibility index (Phi) is 2.79. The van der Waals surface area contributed by atoms with Crippen LogP contribution < -0.4 is 0 Å². The van der Waals surface area contributed by atoms with Crippen LogP contribution in [0.25, 0.3) is 0 Å². The number of nitrogens with zero attached hydrogens (tertiary/aromatic N) is 2. The maximum atomic E-state index is 10.8. The van der Waals surface area contributed by atoms with E-state index in [0.717, 1.165) is 24.2 Å². The minimum atomic E-state index is -0.743. The fraction of sp³-hybridized carbons (Fsp3) is 0.625. The average molecular weight is 258 g/mol. The van der Waals surface area contributed by atoms with Gasteiger partial charge in [-0.3, -0.25) is 9.98 Å². The highest BCUT2D eigenvalue weighted by Crippen LogP contribution is 2.61. The van der Waals surface area contributed by atoms with Crippen LogP contribution in [0.3, 0.4) is 0 Å². The molecule has 3 aliphatic carbocycles. The molecule has 4 rings (SSSR count). The van der Waals surface area contributed by atoms with Crippen LogP contribution in [0.15, 0.2) is 29.4 Å². The second-order valence-electron chi connectivity index (χ2n) is 6.74. The summed E-state index contributed by atoms with van der Waals surface area (Å²) < 4.78 is 0. The van der Waals surface area contributed by atoms with Gasteiger partial charge in [-0.1, -0.05) is 19.9 Å². The fourth-order valence-electron chi connectivity index (χ4n) is 3.85. The summed E-state index contributed by atoms with van der Waals surface area (Å²) in [5.41, 5.74) is 1.45. The number of aliphatic imine (C=N–C) groups is 1. The zero-order valence-corrected chi connectivity index (χ0v) is 11.9. The molecule has 1 N–H and O–H groups in total. The molecule has 0 spiro atoms. The van der Waals surface area contributed by atoms with Gasteiger partial charge in [0, 0.05) is 11.9 Å². The zero-order valence-electron chi connectivity index (χ0n) is 11.9. The lowest BCUT2D eigenvalue weighted by atomic mass is 9.44. The average Bonchev–Trinajstić information content (AvgIpc) is 2.37. The van der Waals surface area contributed by atoms with E-state index in [-0.39, 0.29) is 5.41 Å². The van der Waals surface area contributed by atoms with Crippen LogP contribution in [0.1, 0.15) is 39.3 Å². The van der Waals surface area contributed by atoms with Crippen molar-refractivity contribution in [3.63, 3.8) is 0 Å². The SMILES string of the molecule is CC1(C)[C@@H]2C/C(=N\Cc3ccccn3)[C@@](C)(O)[C@H]1C2. The van der Waals surface area contributed by atoms with Crippen LogP contribution in [-0.2, 0) is 6.54 Å². The van der Waals surface area contributed by atoms with Crippen LogP contribution in [0.5, 0.6) is 0 Å². The molecule has 19 heavy (non-hydrogen) atoms. The predicted molar refractivity (Wildman–Crippen MR) is 76.0 cm³/mol. The third kappa shape index (κ3) is 1.91. The van der Waals surface area contributed by atoms with Crippen molar-refractivity contribution in [1.82, 2.24) is 4.98 Å². The number of hydrogen-bond donors (Lipinski definition) is 1. The molecule has 3 aliphatic rings. The Bertz CT molecular complexity index is 505. The molecular weight excluding hydrogens is 236 g/mol. The summed E-state index contributed by atoms with van der Waals surface area (Å²) in [4.78, 5) is 8.94. The smallest absolute Gasteiger partial charge is 0.103 e. The summed E-state index contributed by atoms with van der Waals surface area (Å²) in [7, 11) is 0. The second-order valence-corrected chi connectivity index (χ2v) is 6.74. The molecule has 2 bridgehead atoms. The topological polar surface area (TPSA) is 45.5 Å². The van der Waals surface area contributed by atoms with E-state index >= 15 is 0 Å². The highest BCUT2D eigenvalue weighted by atomic mass is 16.3. The van der Waals surface area contributed by atoms with Crippen LogP contribution in [0.2, 0.25) is 0 Å². The van der Waals surface area contributed by atoms with Crippen molar-refractivity contribution in [1.29, 1.82) is 0 Å². The van der Waals surface area contributed by atoms with E-state index in [2.05, 4.69) is 23.8 Å². The Labute approximate surface area is 114 Å². The molecular formula is C16H22N2O. The second kappa shape index (κ2) is 4.14. The molecule has 1 aromatic heterocycles. The van der Waals surface area contributed by atoms with Crippen LogP contribution in [0.4, 0.5) is 0 Å². The monoisotopic (exact) mass is 258 g/mol. The molecule has 0 unspecified atom stereocenters. The highest BCUT2D eigenvalue weighted by Gasteiger charge is 2.61. The van der Waals surface area contributed by atoms with Gasteiger partial charge in [-0.05, 0) is 49.1 Å². The summed E-state index contributed by atoms with van der Waals surface area (Å²) in [6.07, 6.45) is 3.86. The Balaban J connectivity index is 1.80. The zero-order chi connectivity index (χ0) is 13.7. The van der Waals surface area contributed by atoms with Crippen LogP contribution >= 0.6 is 0 Å². The molecule has 102 valence electrons. The maximum absolute atomic E-state index is 10.8. The number of pyridine rings is 1. The van der Waals surface area contributed by atoms with Crippen molar-refractivity contribution in [2.45, 2.75) is 45.8 Å². The van der Waals surface area contributed by atoms with E-state index in [1.807, 2.05) is 25.1 Å². The van der Waals surface area contributed by atoms with Crippen LogP contribution in [0, 0.1) is 17.3 Å². The summed E-state index contributed by atoms with van der Waals surface area (Å²) >= 11 is 0. The fourth-order valence-corrected chi connectivity index (χ4v) is 3.85. The van der Waals surface area contributed by atoms with Gasteiger partial charge >= 0.3 is 0 Å².